The number of carbonyl (C=O) groups is 2. The van der Waals surface area contributed by atoms with Crippen molar-refractivity contribution in [2.45, 2.75) is 13.0 Å². The zero-order chi connectivity index (χ0) is 15.8. The molecule has 0 spiro atoms. The summed E-state index contributed by atoms with van der Waals surface area (Å²) in [5, 5.41) is 5.46. The van der Waals surface area contributed by atoms with Gasteiger partial charge < -0.3 is 20.9 Å². The summed E-state index contributed by atoms with van der Waals surface area (Å²) in [6.07, 6.45) is 5.46. The molecule has 0 saturated heterocycles. The predicted octanol–water partition coefficient (Wildman–Crippen LogP) is 1.44. The highest BCUT2D eigenvalue weighted by atomic mass is 35.5. The Bertz CT molecular complexity index is 635. The first kappa shape index (κ1) is 21.9. The molecule has 0 fully saturated rings. The monoisotopic (exact) mass is 373 g/mol. The molecule has 0 bridgehead atoms. The topological polar surface area (TPSA) is 102 Å². The van der Waals surface area contributed by atoms with E-state index in [1.807, 2.05) is 4.57 Å². The van der Waals surface area contributed by atoms with E-state index < -0.39 is 0 Å². The van der Waals surface area contributed by atoms with Gasteiger partial charge in [-0.15, -0.1) is 24.8 Å². The summed E-state index contributed by atoms with van der Waals surface area (Å²) >= 11 is 0. The normalized spacial score (nSPS) is 9.38. The van der Waals surface area contributed by atoms with Crippen LogP contribution in [0.5, 0.6) is 0 Å². The second-order valence-corrected chi connectivity index (χ2v) is 4.72. The van der Waals surface area contributed by atoms with E-state index in [9.17, 15) is 9.59 Å². The molecule has 0 atom stereocenters. The molecule has 0 unspecified atom stereocenters. The van der Waals surface area contributed by atoms with E-state index in [1.54, 1.807) is 43.0 Å². The molecular formula is C15H21Cl2N5O2. The lowest BCUT2D eigenvalue weighted by atomic mass is 10.2. The maximum Gasteiger partial charge on any atom is 0.251 e. The number of halogens is 2. The molecule has 4 N–H and O–H groups in total. The fourth-order valence-electron chi connectivity index (χ4n) is 1.90. The van der Waals surface area contributed by atoms with Crippen molar-refractivity contribution < 1.29 is 9.59 Å². The molecule has 1 aromatic carbocycles. The van der Waals surface area contributed by atoms with Crippen LogP contribution in [0.2, 0.25) is 0 Å². The minimum absolute atomic E-state index is 0. The van der Waals surface area contributed by atoms with Crippen LogP contribution in [0.3, 0.4) is 0 Å². The first-order valence-electron chi connectivity index (χ1n) is 7.03. The third-order valence-electron chi connectivity index (χ3n) is 2.99. The molecule has 0 aliphatic carbocycles. The van der Waals surface area contributed by atoms with Crippen LogP contribution < -0.4 is 16.4 Å². The Morgan fingerprint density at radius 3 is 2.71 bits per heavy atom. The molecule has 1 heterocycles. The van der Waals surface area contributed by atoms with Crippen LogP contribution in [0.4, 0.5) is 5.69 Å². The van der Waals surface area contributed by atoms with Crippen LogP contribution >= 0.6 is 24.8 Å². The maximum atomic E-state index is 11.9. The first-order valence-corrected chi connectivity index (χ1v) is 7.03. The third-order valence-corrected chi connectivity index (χ3v) is 2.99. The number of nitrogens with zero attached hydrogens (tertiary/aromatic N) is 2. The fourth-order valence-corrected chi connectivity index (χ4v) is 1.90. The van der Waals surface area contributed by atoms with Gasteiger partial charge in [0, 0.05) is 49.7 Å². The maximum absolute atomic E-state index is 11.9. The van der Waals surface area contributed by atoms with Gasteiger partial charge in [0.2, 0.25) is 5.91 Å². The van der Waals surface area contributed by atoms with Gasteiger partial charge in [-0.25, -0.2) is 4.98 Å². The summed E-state index contributed by atoms with van der Waals surface area (Å²) in [4.78, 5) is 27.6. The lowest BCUT2D eigenvalue weighted by Gasteiger charge is -2.08. The summed E-state index contributed by atoms with van der Waals surface area (Å²) in [7, 11) is 0. The highest BCUT2D eigenvalue weighted by Gasteiger charge is 2.07. The standard InChI is InChI=1S/C15H19N5O2.2ClH/c16-5-6-18-15(22)12-2-1-3-13(10-12)19-14(21)4-8-20-9-7-17-11-20;;/h1-3,7,9-11H,4-6,8,16H2,(H,18,22)(H,19,21);2*1H. The number of rotatable bonds is 7. The van der Waals surface area contributed by atoms with E-state index in [2.05, 4.69) is 15.6 Å². The van der Waals surface area contributed by atoms with Crippen LogP contribution in [0.1, 0.15) is 16.8 Å². The minimum Gasteiger partial charge on any atom is -0.351 e. The smallest absolute Gasteiger partial charge is 0.251 e. The zero-order valence-corrected chi connectivity index (χ0v) is 14.6. The van der Waals surface area contributed by atoms with Crippen LogP contribution in [0.15, 0.2) is 43.0 Å². The van der Waals surface area contributed by atoms with Crippen molar-refractivity contribution in [3.05, 3.63) is 48.5 Å². The van der Waals surface area contributed by atoms with Gasteiger partial charge in [0.05, 0.1) is 6.33 Å². The molecule has 0 aliphatic rings. The Balaban J connectivity index is 0.00000264. The van der Waals surface area contributed by atoms with E-state index >= 15 is 0 Å². The average molecular weight is 374 g/mol. The van der Waals surface area contributed by atoms with Gasteiger partial charge in [-0.3, -0.25) is 9.59 Å². The van der Waals surface area contributed by atoms with E-state index in [4.69, 9.17) is 5.73 Å². The van der Waals surface area contributed by atoms with E-state index in [0.29, 0.717) is 37.3 Å². The second-order valence-electron chi connectivity index (χ2n) is 4.72. The number of amides is 2. The van der Waals surface area contributed by atoms with Crippen molar-refractivity contribution in [1.82, 2.24) is 14.9 Å². The molecule has 1 aromatic heterocycles. The lowest BCUT2D eigenvalue weighted by Crippen LogP contribution is -2.29. The average Bonchev–Trinajstić information content (AvgIpc) is 3.04. The van der Waals surface area contributed by atoms with Crippen molar-refractivity contribution in [3.8, 4) is 0 Å². The third kappa shape index (κ3) is 6.99. The van der Waals surface area contributed by atoms with Crippen LogP contribution in [-0.2, 0) is 11.3 Å². The molecule has 24 heavy (non-hydrogen) atoms. The Labute approximate surface area is 152 Å². The second kappa shape index (κ2) is 11.4. The predicted molar refractivity (Wildman–Crippen MR) is 97.8 cm³/mol. The summed E-state index contributed by atoms with van der Waals surface area (Å²) in [6.45, 7) is 1.36. The zero-order valence-electron chi connectivity index (χ0n) is 13.0. The van der Waals surface area contributed by atoms with Crippen LogP contribution in [0.25, 0.3) is 0 Å². The van der Waals surface area contributed by atoms with Crippen LogP contribution in [0, 0.1) is 0 Å². The molecule has 0 radical (unpaired) electrons. The number of anilines is 1. The fraction of sp³-hybridized carbons (Fsp3) is 0.267. The van der Waals surface area contributed by atoms with Crippen molar-refractivity contribution in [2.24, 2.45) is 5.73 Å². The highest BCUT2D eigenvalue weighted by molar-refractivity contribution is 5.97. The van der Waals surface area contributed by atoms with Gasteiger partial charge in [0.15, 0.2) is 0 Å². The van der Waals surface area contributed by atoms with Crippen molar-refractivity contribution >= 4 is 42.3 Å². The number of hydrogen-bond donors (Lipinski definition) is 3. The molecule has 132 valence electrons. The number of aryl methyl sites for hydroxylation is 1. The van der Waals surface area contributed by atoms with E-state index in [0.717, 1.165) is 0 Å². The van der Waals surface area contributed by atoms with Gasteiger partial charge in [0.1, 0.15) is 0 Å². The molecule has 7 nitrogen and oxygen atoms in total. The number of imidazole rings is 1. The molecular weight excluding hydrogens is 353 g/mol. The Kier molecular flexibility index (Phi) is 10.4. The molecule has 9 heteroatoms. The number of aromatic nitrogens is 2. The summed E-state index contributed by atoms with van der Waals surface area (Å²) in [5.41, 5.74) is 6.43. The SMILES string of the molecule is Cl.Cl.NCCNC(=O)c1cccc(NC(=O)CCn2ccnc2)c1. The highest BCUT2D eigenvalue weighted by Crippen LogP contribution is 2.11. The summed E-state index contributed by atoms with van der Waals surface area (Å²) in [5.74, 6) is -0.326. The van der Waals surface area contributed by atoms with E-state index in [1.165, 1.54) is 0 Å². The number of nitrogens with one attached hydrogen (secondary N) is 2. The van der Waals surface area contributed by atoms with Crippen LogP contribution in [-0.4, -0.2) is 34.5 Å². The van der Waals surface area contributed by atoms with Crippen molar-refractivity contribution in [2.75, 3.05) is 18.4 Å². The van der Waals surface area contributed by atoms with Gasteiger partial charge >= 0.3 is 0 Å². The molecule has 0 aliphatic heterocycles. The van der Waals surface area contributed by atoms with Gasteiger partial charge in [-0.1, -0.05) is 6.07 Å². The number of nitrogens with two attached hydrogens (primary N) is 1. The lowest BCUT2D eigenvalue weighted by molar-refractivity contribution is -0.116. The van der Waals surface area contributed by atoms with Gasteiger partial charge in [0.25, 0.3) is 5.91 Å². The Hall–Kier alpha value is -2.09. The van der Waals surface area contributed by atoms with Crippen molar-refractivity contribution in [3.63, 3.8) is 0 Å². The molecule has 2 aromatic rings. The molecule has 0 saturated carbocycles. The quantitative estimate of drug-likeness (QED) is 0.683. The van der Waals surface area contributed by atoms with Crippen molar-refractivity contribution in [1.29, 1.82) is 0 Å². The Morgan fingerprint density at radius 2 is 2.04 bits per heavy atom. The number of carbonyl (C=O) groups excluding carboxylic acids is 2. The minimum atomic E-state index is -0.208. The molecule has 2 rings (SSSR count). The number of benzene rings is 1. The van der Waals surface area contributed by atoms with E-state index in [-0.39, 0.29) is 36.6 Å². The summed E-state index contributed by atoms with van der Waals surface area (Å²) in [6, 6.07) is 6.80. The molecule has 2 amide bonds. The Morgan fingerprint density at radius 1 is 1.25 bits per heavy atom. The van der Waals surface area contributed by atoms with Gasteiger partial charge in [-0.2, -0.15) is 0 Å². The summed E-state index contributed by atoms with van der Waals surface area (Å²) < 4.78 is 1.83. The largest absolute Gasteiger partial charge is 0.351 e. The first-order chi connectivity index (χ1) is 10.7. The number of hydrogen-bond acceptors (Lipinski definition) is 4. The van der Waals surface area contributed by atoms with Gasteiger partial charge in [-0.05, 0) is 18.2 Å².